The first-order chi connectivity index (χ1) is 8.10. The van der Waals surface area contributed by atoms with Crippen molar-refractivity contribution in [3.8, 4) is 0 Å². The molecule has 1 aromatic rings. The van der Waals surface area contributed by atoms with Gasteiger partial charge in [0.15, 0.2) is 0 Å². The summed E-state index contributed by atoms with van der Waals surface area (Å²) in [5, 5.41) is 9.44. The Labute approximate surface area is 109 Å². The van der Waals surface area contributed by atoms with E-state index in [1.165, 1.54) is 0 Å². The van der Waals surface area contributed by atoms with Crippen molar-refractivity contribution in [2.24, 2.45) is 11.1 Å². The standard InChI is InChI=1S/C13H16BrNO2/c14-10-4-2-9(3-5-10)11(8-15)13(12(16)17)6-1-7-13/h2-5,11H,1,6-8,15H2,(H,16,17)/t11-/m1/s1. The topological polar surface area (TPSA) is 63.3 Å². The Hall–Kier alpha value is -0.870. The molecule has 0 radical (unpaired) electrons. The van der Waals surface area contributed by atoms with E-state index in [2.05, 4.69) is 15.9 Å². The maximum atomic E-state index is 11.5. The Morgan fingerprint density at radius 3 is 2.35 bits per heavy atom. The fraction of sp³-hybridized carbons (Fsp3) is 0.462. The van der Waals surface area contributed by atoms with Gasteiger partial charge in [-0.05, 0) is 30.5 Å². The van der Waals surface area contributed by atoms with E-state index < -0.39 is 11.4 Å². The number of carboxylic acids is 1. The molecular weight excluding hydrogens is 282 g/mol. The van der Waals surface area contributed by atoms with Gasteiger partial charge in [-0.3, -0.25) is 4.79 Å². The Bertz CT molecular complexity index is 412. The minimum Gasteiger partial charge on any atom is -0.481 e. The molecule has 0 unspecified atom stereocenters. The van der Waals surface area contributed by atoms with E-state index in [4.69, 9.17) is 5.73 Å². The third kappa shape index (κ3) is 2.11. The molecule has 3 N–H and O–H groups in total. The van der Waals surface area contributed by atoms with Crippen LogP contribution in [0.15, 0.2) is 28.7 Å². The molecule has 0 heterocycles. The smallest absolute Gasteiger partial charge is 0.310 e. The fourth-order valence-electron chi connectivity index (χ4n) is 2.64. The van der Waals surface area contributed by atoms with E-state index in [1.54, 1.807) is 0 Å². The highest BCUT2D eigenvalue weighted by Crippen LogP contribution is 2.51. The van der Waals surface area contributed by atoms with Gasteiger partial charge in [-0.2, -0.15) is 0 Å². The average Bonchev–Trinajstić information content (AvgIpc) is 2.24. The van der Waals surface area contributed by atoms with Crippen molar-refractivity contribution < 1.29 is 9.90 Å². The third-order valence-electron chi connectivity index (χ3n) is 3.85. The molecule has 0 saturated heterocycles. The Morgan fingerprint density at radius 1 is 1.41 bits per heavy atom. The molecule has 3 nitrogen and oxygen atoms in total. The Balaban J connectivity index is 2.32. The highest BCUT2D eigenvalue weighted by molar-refractivity contribution is 9.10. The molecule has 1 aliphatic carbocycles. The highest BCUT2D eigenvalue weighted by atomic mass is 79.9. The minimum absolute atomic E-state index is 0.0816. The van der Waals surface area contributed by atoms with Gasteiger partial charge in [-0.15, -0.1) is 0 Å². The van der Waals surface area contributed by atoms with Crippen LogP contribution in [0.2, 0.25) is 0 Å². The molecule has 1 fully saturated rings. The Kier molecular flexibility index (Phi) is 3.54. The van der Waals surface area contributed by atoms with Crippen LogP contribution in [0.25, 0.3) is 0 Å². The number of halogens is 1. The van der Waals surface area contributed by atoms with Crippen molar-refractivity contribution >= 4 is 21.9 Å². The number of hydrogen-bond acceptors (Lipinski definition) is 2. The highest BCUT2D eigenvalue weighted by Gasteiger charge is 2.50. The van der Waals surface area contributed by atoms with E-state index >= 15 is 0 Å². The number of carboxylic acid groups (broad SMARTS) is 1. The lowest BCUT2D eigenvalue weighted by atomic mass is 9.59. The number of hydrogen-bond donors (Lipinski definition) is 2. The zero-order valence-electron chi connectivity index (χ0n) is 9.53. The van der Waals surface area contributed by atoms with Crippen LogP contribution in [0, 0.1) is 5.41 Å². The summed E-state index contributed by atoms with van der Waals surface area (Å²) in [5.41, 5.74) is 6.19. The van der Waals surface area contributed by atoms with Gasteiger partial charge in [0.2, 0.25) is 0 Å². The zero-order chi connectivity index (χ0) is 12.5. The number of rotatable bonds is 4. The van der Waals surface area contributed by atoms with E-state index in [-0.39, 0.29) is 5.92 Å². The molecule has 0 aromatic heterocycles. The maximum Gasteiger partial charge on any atom is 0.310 e. The van der Waals surface area contributed by atoms with Crippen molar-refractivity contribution in [3.05, 3.63) is 34.3 Å². The van der Waals surface area contributed by atoms with Crippen LogP contribution in [0.3, 0.4) is 0 Å². The second kappa shape index (κ2) is 4.78. The van der Waals surface area contributed by atoms with Crippen LogP contribution in [-0.4, -0.2) is 17.6 Å². The lowest BCUT2D eigenvalue weighted by molar-refractivity contribution is -0.156. The molecule has 1 aliphatic rings. The molecule has 0 bridgehead atoms. The van der Waals surface area contributed by atoms with Crippen LogP contribution in [0.1, 0.15) is 30.7 Å². The van der Waals surface area contributed by atoms with E-state index in [0.717, 1.165) is 29.3 Å². The van der Waals surface area contributed by atoms with Gasteiger partial charge in [0.05, 0.1) is 5.41 Å². The first kappa shape index (κ1) is 12.6. The SMILES string of the molecule is NC[C@H](c1ccc(Br)cc1)C1(C(=O)O)CCC1. The molecular formula is C13H16BrNO2. The van der Waals surface area contributed by atoms with Gasteiger partial charge >= 0.3 is 5.97 Å². The third-order valence-corrected chi connectivity index (χ3v) is 4.38. The number of benzene rings is 1. The first-order valence-corrected chi connectivity index (χ1v) is 6.58. The van der Waals surface area contributed by atoms with Crippen LogP contribution in [-0.2, 0) is 4.79 Å². The van der Waals surface area contributed by atoms with E-state index in [1.807, 2.05) is 24.3 Å². The maximum absolute atomic E-state index is 11.5. The molecule has 0 spiro atoms. The minimum atomic E-state index is -0.706. The van der Waals surface area contributed by atoms with Crippen molar-refractivity contribution in [2.45, 2.75) is 25.2 Å². The summed E-state index contributed by atoms with van der Waals surface area (Å²) in [6.07, 6.45) is 2.46. The fourth-order valence-corrected chi connectivity index (χ4v) is 2.91. The van der Waals surface area contributed by atoms with E-state index in [0.29, 0.717) is 6.54 Å². The largest absolute Gasteiger partial charge is 0.481 e. The van der Waals surface area contributed by atoms with Crippen molar-refractivity contribution in [1.29, 1.82) is 0 Å². The zero-order valence-corrected chi connectivity index (χ0v) is 11.1. The summed E-state index contributed by atoms with van der Waals surface area (Å²) in [6.45, 7) is 0.383. The summed E-state index contributed by atoms with van der Waals surface area (Å²) in [5.74, 6) is -0.788. The van der Waals surface area contributed by atoms with Gasteiger partial charge in [-0.25, -0.2) is 0 Å². The first-order valence-electron chi connectivity index (χ1n) is 5.79. The van der Waals surface area contributed by atoms with Crippen LogP contribution < -0.4 is 5.73 Å². The van der Waals surface area contributed by atoms with Crippen LogP contribution in [0.5, 0.6) is 0 Å². The summed E-state index contributed by atoms with van der Waals surface area (Å²) in [7, 11) is 0. The van der Waals surface area contributed by atoms with Crippen LogP contribution >= 0.6 is 15.9 Å². The number of aliphatic carboxylic acids is 1. The second-order valence-corrected chi connectivity index (χ2v) is 5.57. The molecule has 0 amide bonds. The molecule has 17 heavy (non-hydrogen) atoms. The summed E-state index contributed by atoms with van der Waals surface area (Å²) >= 11 is 3.38. The predicted molar refractivity (Wildman–Crippen MR) is 69.9 cm³/mol. The molecule has 92 valence electrons. The summed E-state index contributed by atoms with van der Waals surface area (Å²) < 4.78 is 0.995. The monoisotopic (exact) mass is 297 g/mol. The van der Waals surface area contributed by atoms with Gasteiger partial charge < -0.3 is 10.8 Å². The van der Waals surface area contributed by atoms with Gasteiger partial charge in [0.1, 0.15) is 0 Å². The molecule has 2 rings (SSSR count). The molecule has 1 aromatic carbocycles. The van der Waals surface area contributed by atoms with Gasteiger partial charge in [0.25, 0.3) is 0 Å². The number of carbonyl (C=O) groups is 1. The van der Waals surface area contributed by atoms with Crippen LogP contribution in [0.4, 0.5) is 0 Å². The second-order valence-electron chi connectivity index (χ2n) is 4.65. The van der Waals surface area contributed by atoms with Crippen molar-refractivity contribution in [2.75, 3.05) is 6.54 Å². The van der Waals surface area contributed by atoms with Gasteiger partial charge in [-0.1, -0.05) is 34.5 Å². The molecule has 1 atom stereocenters. The Morgan fingerprint density at radius 2 is 2.00 bits per heavy atom. The lowest BCUT2D eigenvalue weighted by Gasteiger charge is -2.44. The average molecular weight is 298 g/mol. The van der Waals surface area contributed by atoms with Gasteiger partial charge in [0, 0.05) is 16.9 Å². The molecule has 1 saturated carbocycles. The summed E-state index contributed by atoms with van der Waals surface area (Å²) in [6, 6.07) is 7.80. The lowest BCUT2D eigenvalue weighted by Crippen LogP contribution is -2.45. The van der Waals surface area contributed by atoms with E-state index in [9.17, 15) is 9.90 Å². The number of nitrogens with two attached hydrogens (primary N) is 1. The molecule has 4 heteroatoms. The normalized spacial score (nSPS) is 19.4. The molecule has 0 aliphatic heterocycles. The summed E-state index contributed by atoms with van der Waals surface area (Å²) in [4.78, 5) is 11.5. The van der Waals surface area contributed by atoms with Crippen molar-refractivity contribution in [3.63, 3.8) is 0 Å². The quantitative estimate of drug-likeness (QED) is 0.898. The van der Waals surface area contributed by atoms with Crippen molar-refractivity contribution in [1.82, 2.24) is 0 Å². The predicted octanol–water partition coefficient (Wildman–Crippen LogP) is 2.75.